The normalized spacial score (nSPS) is 17.0. The van der Waals surface area contributed by atoms with Crippen molar-refractivity contribution in [3.05, 3.63) is 70.5 Å². The molecule has 5 nitrogen and oxygen atoms in total. The number of rotatable bonds is 7. The third kappa shape index (κ3) is 5.73. The van der Waals surface area contributed by atoms with E-state index in [1.54, 1.807) is 6.07 Å². The molecule has 2 aromatic rings. The highest BCUT2D eigenvalue weighted by Gasteiger charge is 2.26. The molecule has 0 aliphatic carbocycles. The summed E-state index contributed by atoms with van der Waals surface area (Å²) in [7, 11) is -3.58. The van der Waals surface area contributed by atoms with Crippen molar-refractivity contribution < 1.29 is 17.5 Å². The van der Waals surface area contributed by atoms with Gasteiger partial charge in [-0.2, -0.15) is 0 Å². The molecule has 0 bridgehead atoms. The Morgan fingerprint density at radius 1 is 1.11 bits per heavy atom. The fraction of sp³-hybridized carbons (Fsp3) is 0.368. The lowest BCUT2D eigenvalue weighted by atomic mass is 10.0. The summed E-state index contributed by atoms with van der Waals surface area (Å²) in [5.74, 6) is -0.596. The second-order valence-electron chi connectivity index (χ2n) is 6.42. The lowest BCUT2D eigenvalue weighted by Crippen LogP contribution is -2.44. The molecule has 0 aromatic heterocycles. The first kappa shape index (κ1) is 20.2. The highest BCUT2D eigenvalue weighted by Crippen LogP contribution is 2.28. The zero-order valence-electron chi connectivity index (χ0n) is 14.8. The number of nitrogens with one attached hydrogen (secondary N) is 1. The number of ether oxygens (including phenoxy) is 1. The molecule has 2 aromatic carbocycles. The molecule has 1 aliphatic rings. The van der Waals surface area contributed by atoms with E-state index >= 15 is 0 Å². The van der Waals surface area contributed by atoms with E-state index in [4.69, 9.17) is 16.3 Å². The summed E-state index contributed by atoms with van der Waals surface area (Å²) in [4.78, 5) is 2.17. The highest BCUT2D eigenvalue weighted by molar-refractivity contribution is 7.88. The van der Waals surface area contributed by atoms with Gasteiger partial charge in [-0.05, 0) is 29.3 Å². The average molecular weight is 413 g/mol. The van der Waals surface area contributed by atoms with E-state index in [9.17, 15) is 12.8 Å². The van der Waals surface area contributed by atoms with Crippen LogP contribution in [0, 0.1) is 5.82 Å². The predicted molar refractivity (Wildman–Crippen MR) is 104 cm³/mol. The van der Waals surface area contributed by atoms with E-state index in [2.05, 4.69) is 9.62 Å². The summed E-state index contributed by atoms with van der Waals surface area (Å²) in [6.07, 6.45) is 0. The van der Waals surface area contributed by atoms with Gasteiger partial charge in [0.2, 0.25) is 10.0 Å². The Morgan fingerprint density at radius 3 is 2.44 bits per heavy atom. The van der Waals surface area contributed by atoms with Crippen LogP contribution >= 0.6 is 11.6 Å². The molecule has 1 saturated heterocycles. The standard InChI is InChI=1S/C19H22ClFN2O3S/c20-18-4-2-1-3-17(18)19(23-9-11-26-12-10-23)13-22-27(24,25)14-15-5-7-16(21)8-6-15/h1-8,19,22H,9-14H2/t19-/m0/s1. The van der Waals surface area contributed by atoms with E-state index in [1.807, 2.05) is 18.2 Å². The summed E-state index contributed by atoms with van der Waals surface area (Å²) < 4.78 is 46.1. The second-order valence-corrected chi connectivity index (χ2v) is 8.63. The number of halogens is 2. The van der Waals surface area contributed by atoms with Crippen LogP contribution in [0.2, 0.25) is 5.02 Å². The van der Waals surface area contributed by atoms with Gasteiger partial charge in [-0.15, -0.1) is 0 Å². The molecule has 0 spiro atoms. The van der Waals surface area contributed by atoms with Crippen LogP contribution in [0.4, 0.5) is 4.39 Å². The Hall–Kier alpha value is -1.51. The minimum atomic E-state index is -3.58. The van der Waals surface area contributed by atoms with Crippen LogP contribution in [0.25, 0.3) is 0 Å². The van der Waals surface area contributed by atoms with Gasteiger partial charge in [0.05, 0.1) is 19.0 Å². The van der Waals surface area contributed by atoms with Gasteiger partial charge < -0.3 is 4.74 Å². The van der Waals surface area contributed by atoms with Gasteiger partial charge >= 0.3 is 0 Å². The van der Waals surface area contributed by atoms with E-state index < -0.39 is 15.8 Å². The first-order valence-electron chi connectivity index (χ1n) is 8.72. The fourth-order valence-electron chi connectivity index (χ4n) is 3.13. The zero-order chi connectivity index (χ0) is 19.3. The van der Waals surface area contributed by atoms with Gasteiger partial charge in [0.15, 0.2) is 0 Å². The van der Waals surface area contributed by atoms with Gasteiger partial charge in [0.1, 0.15) is 5.82 Å². The van der Waals surface area contributed by atoms with Crippen LogP contribution in [-0.4, -0.2) is 46.2 Å². The van der Waals surface area contributed by atoms with Gasteiger partial charge in [-0.3, -0.25) is 4.90 Å². The molecule has 1 N–H and O–H groups in total. The first-order chi connectivity index (χ1) is 12.9. The third-order valence-corrected chi connectivity index (χ3v) is 6.18. The summed E-state index contributed by atoms with van der Waals surface area (Å²) >= 11 is 6.36. The molecule has 1 fully saturated rings. The van der Waals surface area contributed by atoms with Crippen molar-refractivity contribution in [2.45, 2.75) is 11.8 Å². The van der Waals surface area contributed by atoms with Crippen molar-refractivity contribution >= 4 is 21.6 Å². The van der Waals surface area contributed by atoms with Crippen LogP contribution in [0.5, 0.6) is 0 Å². The molecule has 1 atom stereocenters. The molecule has 0 unspecified atom stereocenters. The Labute approximate surface area is 164 Å². The fourth-order valence-corrected chi connectivity index (χ4v) is 4.53. The highest BCUT2D eigenvalue weighted by atomic mass is 35.5. The minimum Gasteiger partial charge on any atom is -0.379 e. The van der Waals surface area contributed by atoms with Crippen LogP contribution in [-0.2, 0) is 20.5 Å². The van der Waals surface area contributed by atoms with Crippen molar-refractivity contribution in [3.63, 3.8) is 0 Å². The maximum Gasteiger partial charge on any atom is 0.215 e. The molecule has 27 heavy (non-hydrogen) atoms. The molecule has 1 aliphatic heterocycles. The maximum absolute atomic E-state index is 13.0. The number of nitrogens with zero attached hydrogens (tertiary/aromatic N) is 1. The van der Waals surface area contributed by atoms with E-state index in [0.717, 1.165) is 5.56 Å². The van der Waals surface area contributed by atoms with E-state index in [1.165, 1.54) is 24.3 Å². The Balaban J connectivity index is 1.73. The quantitative estimate of drug-likeness (QED) is 0.759. The number of hydrogen-bond acceptors (Lipinski definition) is 4. The predicted octanol–water partition coefficient (Wildman–Crippen LogP) is 2.97. The van der Waals surface area contributed by atoms with Crippen molar-refractivity contribution in [1.82, 2.24) is 9.62 Å². The second kappa shape index (κ2) is 9.12. The van der Waals surface area contributed by atoms with Crippen LogP contribution in [0.15, 0.2) is 48.5 Å². The van der Waals surface area contributed by atoms with Gasteiger partial charge in [0.25, 0.3) is 0 Å². The topological polar surface area (TPSA) is 58.6 Å². The van der Waals surface area contributed by atoms with Crippen molar-refractivity contribution in [2.24, 2.45) is 0 Å². The van der Waals surface area contributed by atoms with Crippen LogP contribution in [0.3, 0.4) is 0 Å². The number of hydrogen-bond donors (Lipinski definition) is 1. The summed E-state index contributed by atoms with van der Waals surface area (Å²) in [5.41, 5.74) is 1.41. The van der Waals surface area contributed by atoms with Gasteiger partial charge in [-0.25, -0.2) is 17.5 Å². The van der Waals surface area contributed by atoms with Gasteiger partial charge in [0, 0.05) is 30.7 Å². The number of morpholine rings is 1. The lowest BCUT2D eigenvalue weighted by molar-refractivity contribution is 0.0172. The minimum absolute atomic E-state index is 0.189. The number of benzene rings is 2. The Morgan fingerprint density at radius 2 is 1.78 bits per heavy atom. The SMILES string of the molecule is O=S(=O)(Cc1ccc(F)cc1)NC[C@@H](c1ccccc1Cl)N1CCOCC1. The van der Waals surface area contributed by atoms with Crippen molar-refractivity contribution in [2.75, 3.05) is 32.8 Å². The first-order valence-corrected chi connectivity index (χ1v) is 10.8. The van der Waals surface area contributed by atoms with Crippen molar-refractivity contribution in [1.29, 1.82) is 0 Å². The largest absolute Gasteiger partial charge is 0.379 e. The molecular weight excluding hydrogens is 391 g/mol. The molecule has 3 rings (SSSR count). The number of sulfonamides is 1. The molecule has 0 radical (unpaired) electrons. The third-order valence-electron chi connectivity index (χ3n) is 4.52. The molecular formula is C19H22ClFN2O3S. The van der Waals surface area contributed by atoms with Crippen molar-refractivity contribution in [3.8, 4) is 0 Å². The van der Waals surface area contributed by atoms with Crippen LogP contribution in [0.1, 0.15) is 17.2 Å². The molecule has 146 valence electrons. The lowest BCUT2D eigenvalue weighted by Gasteiger charge is -2.35. The zero-order valence-corrected chi connectivity index (χ0v) is 16.3. The monoisotopic (exact) mass is 412 g/mol. The Kier molecular flexibility index (Phi) is 6.83. The summed E-state index contributed by atoms with van der Waals surface area (Å²) in [6, 6.07) is 12.7. The van der Waals surface area contributed by atoms with Crippen LogP contribution < -0.4 is 4.72 Å². The van der Waals surface area contributed by atoms with Gasteiger partial charge in [-0.1, -0.05) is 41.9 Å². The van der Waals surface area contributed by atoms with E-state index in [-0.39, 0.29) is 18.3 Å². The molecule has 0 amide bonds. The molecule has 1 heterocycles. The summed E-state index contributed by atoms with van der Waals surface area (Å²) in [5, 5.41) is 0.603. The maximum atomic E-state index is 13.0. The molecule has 0 saturated carbocycles. The average Bonchev–Trinajstić information content (AvgIpc) is 2.66. The van der Waals surface area contributed by atoms with E-state index in [0.29, 0.717) is 36.9 Å². The smallest absolute Gasteiger partial charge is 0.215 e. The molecule has 8 heteroatoms. The summed E-state index contributed by atoms with van der Waals surface area (Å²) in [6.45, 7) is 2.81. The Bertz CT molecular complexity index is 856.